The number of nitrogens with one attached hydrogen (secondary N) is 1. The molecule has 76 valence electrons. The van der Waals surface area contributed by atoms with Crippen LogP contribution in [0.5, 0.6) is 0 Å². The molecule has 4 heteroatoms. The molecule has 1 rings (SSSR count). The van der Waals surface area contributed by atoms with Gasteiger partial charge in [-0.3, -0.25) is 4.79 Å². The summed E-state index contributed by atoms with van der Waals surface area (Å²) in [5.74, 6) is -0.334. The van der Waals surface area contributed by atoms with Gasteiger partial charge < -0.3 is 5.32 Å². The van der Waals surface area contributed by atoms with Crippen molar-refractivity contribution in [1.82, 2.24) is 5.32 Å². The van der Waals surface area contributed by atoms with E-state index in [2.05, 4.69) is 21.2 Å². The van der Waals surface area contributed by atoms with Gasteiger partial charge in [0.05, 0.1) is 0 Å². The van der Waals surface area contributed by atoms with Gasteiger partial charge in [0.1, 0.15) is 5.82 Å². The van der Waals surface area contributed by atoms with Gasteiger partial charge in [0.2, 0.25) is 5.91 Å². The Kier molecular flexibility index (Phi) is 4.07. The predicted octanol–water partition coefficient (Wildman–Crippen LogP) is 2.27. The fourth-order valence-corrected chi connectivity index (χ4v) is 1.52. The van der Waals surface area contributed by atoms with Crippen molar-refractivity contribution in [3.63, 3.8) is 0 Å². The number of hydrogen-bond acceptors (Lipinski definition) is 1. The lowest BCUT2D eigenvalue weighted by molar-refractivity contribution is -0.118. The monoisotopic (exact) mass is 259 g/mol. The number of amides is 1. The average molecular weight is 260 g/mol. The molecule has 0 radical (unpaired) electrons. The maximum atomic E-state index is 13.2. The van der Waals surface area contributed by atoms with Crippen LogP contribution in [0.25, 0.3) is 0 Å². The highest BCUT2D eigenvalue weighted by Crippen LogP contribution is 2.15. The standard InChI is InChI=1S/C10H11BrFNO/c1-7(14)13-5-4-8-6-9(11)2-3-10(8)12/h2-3,6H,4-5H2,1H3,(H,13,14). The second-order valence-electron chi connectivity index (χ2n) is 2.97. The summed E-state index contributed by atoms with van der Waals surface area (Å²) >= 11 is 3.26. The summed E-state index contributed by atoms with van der Waals surface area (Å²) in [5, 5.41) is 2.62. The summed E-state index contributed by atoms with van der Waals surface area (Å²) in [4.78, 5) is 10.6. The zero-order chi connectivity index (χ0) is 10.6. The van der Waals surface area contributed by atoms with Crippen LogP contribution in [-0.4, -0.2) is 12.5 Å². The molecular weight excluding hydrogens is 249 g/mol. The molecule has 1 amide bonds. The Labute approximate surface area is 90.6 Å². The van der Waals surface area contributed by atoms with Crippen molar-refractivity contribution in [2.75, 3.05) is 6.54 Å². The van der Waals surface area contributed by atoms with E-state index in [1.807, 2.05) is 0 Å². The van der Waals surface area contributed by atoms with E-state index < -0.39 is 0 Å². The van der Waals surface area contributed by atoms with Crippen LogP contribution in [0.4, 0.5) is 4.39 Å². The fraction of sp³-hybridized carbons (Fsp3) is 0.300. The molecule has 14 heavy (non-hydrogen) atoms. The molecule has 0 aromatic heterocycles. The van der Waals surface area contributed by atoms with Gasteiger partial charge in [-0.05, 0) is 30.2 Å². The Hall–Kier alpha value is -0.900. The van der Waals surface area contributed by atoms with Gasteiger partial charge in [-0.25, -0.2) is 4.39 Å². The summed E-state index contributed by atoms with van der Waals surface area (Å²) in [6.45, 7) is 1.90. The lowest BCUT2D eigenvalue weighted by atomic mass is 10.1. The highest BCUT2D eigenvalue weighted by atomic mass is 79.9. The van der Waals surface area contributed by atoms with Gasteiger partial charge in [-0.2, -0.15) is 0 Å². The van der Waals surface area contributed by atoms with Gasteiger partial charge in [-0.15, -0.1) is 0 Å². The molecule has 0 aliphatic carbocycles. The van der Waals surface area contributed by atoms with Gasteiger partial charge in [0, 0.05) is 17.9 Å². The molecule has 1 N–H and O–H groups in total. The van der Waals surface area contributed by atoms with E-state index in [1.165, 1.54) is 13.0 Å². The van der Waals surface area contributed by atoms with Crippen LogP contribution in [0.2, 0.25) is 0 Å². The maximum absolute atomic E-state index is 13.2. The average Bonchev–Trinajstić information content (AvgIpc) is 2.10. The summed E-state index contributed by atoms with van der Waals surface area (Å²) < 4.78 is 14.0. The molecule has 0 unspecified atom stereocenters. The normalized spacial score (nSPS) is 9.93. The zero-order valence-electron chi connectivity index (χ0n) is 7.81. The molecule has 0 heterocycles. The van der Waals surface area contributed by atoms with Gasteiger partial charge in [0.15, 0.2) is 0 Å². The minimum Gasteiger partial charge on any atom is -0.356 e. The predicted molar refractivity (Wildman–Crippen MR) is 56.5 cm³/mol. The molecule has 0 aliphatic heterocycles. The third-order valence-electron chi connectivity index (χ3n) is 1.78. The van der Waals surface area contributed by atoms with Crippen molar-refractivity contribution in [2.45, 2.75) is 13.3 Å². The van der Waals surface area contributed by atoms with E-state index in [4.69, 9.17) is 0 Å². The quantitative estimate of drug-likeness (QED) is 0.887. The van der Waals surface area contributed by atoms with Gasteiger partial charge >= 0.3 is 0 Å². The molecule has 0 aliphatic rings. The van der Waals surface area contributed by atoms with E-state index in [0.29, 0.717) is 18.5 Å². The van der Waals surface area contributed by atoms with Crippen LogP contribution >= 0.6 is 15.9 Å². The first-order valence-corrected chi connectivity index (χ1v) is 5.07. The van der Waals surface area contributed by atoms with Crippen LogP contribution in [-0.2, 0) is 11.2 Å². The molecule has 0 bridgehead atoms. The van der Waals surface area contributed by atoms with E-state index in [-0.39, 0.29) is 11.7 Å². The van der Waals surface area contributed by atoms with Crippen LogP contribution in [0.3, 0.4) is 0 Å². The summed E-state index contributed by atoms with van der Waals surface area (Å²) in [5.41, 5.74) is 0.605. The summed E-state index contributed by atoms with van der Waals surface area (Å²) in [7, 11) is 0. The highest BCUT2D eigenvalue weighted by molar-refractivity contribution is 9.10. The topological polar surface area (TPSA) is 29.1 Å². The molecular formula is C10H11BrFNO. The number of hydrogen-bond donors (Lipinski definition) is 1. The largest absolute Gasteiger partial charge is 0.356 e. The zero-order valence-corrected chi connectivity index (χ0v) is 9.40. The number of halogens is 2. The second-order valence-corrected chi connectivity index (χ2v) is 3.88. The fourth-order valence-electron chi connectivity index (χ4n) is 1.11. The first kappa shape index (κ1) is 11.2. The van der Waals surface area contributed by atoms with Crippen LogP contribution in [0, 0.1) is 5.82 Å². The molecule has 1 aromatic carbocycles. The molecule has 0 spiro atoms. The minimum atomic E-state index is -0.237. The Morgan fingerprint density at radius 1 is 1.57 bits per heavy atom. The lowest BCUT2D eigenvalue weighted by Crippen LogP contribution is -2.22. The van der Waals surface area contributed by atoms with Crippen LogP contribution in [0.15, 0.2) is 22.7 Å². The third-order valence-corrected chi connectivity index (χ3v) is 2.27. The molecule has 0 saturated heterocycles. The van der Waals surface area contributed by atoms with Crippen molar-refractivity contribution in [3.05, 3.63) is 34.1 Å². The third kappa shape index (κ3) is 3.46. The molecule has 2 nitrogen and oxygen atoms in total. The lowest BCUT2D eigenvalue weighted by Gasteiger charge is -2.04. The van der Waals surface area contributed by atoms with Gasteiger partial charge in [-0.1, -0.05) is 15.9 Å². The number of carbonyl (C=O) groups excluding carboxylic acids is 1. The SMILES string of the molecule is CC(=O)NCCc1cc(Br)ccc1F. The first-order chi connectivity index (χ1) is 6.59. The Balaban J connectivity index is 2.57. The van der Waals surface area contributed by atoms with Crippen LogP contribution < -0.4 is 5.32 Å². The van der Waals surface area contributed by atoms with E-state index in [1.54, 1.807) is 12.1 Å². The van der Waals surface area contributed by atoms with Crippen molar-refractivity contribution in [2.24, 2.45) is 0 Å². The first-order valence-electron chi connectivity index (χ1n) is 4.28. The van der Waals surface area contributed by atoms with E-state index in [9.17, 15) is 9.18 Å². The van der Waals surface area contributed by atoms with E-state index in [0.717, 1.165) is 4.47 Å². The number of rotatable bonds is 3. The van der Waals surface area contributed by atoms with Crippen molar-refractivity contribution in [3.8, 4) is 0 Å². The van der Waals surface area contributed by atoms with Crippen molar-refractivity contribution >= 4 is 21.8 Å². The maximum Gasteiger partial charge on any atom is 0.216 e. The smallest absolute Gasteiger partial charge is 0.216 e. The second kappa shape index (κ2) is 5.10. The number of carbonyl (C=O) groups is 1. The molecule has 1 aromatic rings. The van der Waals surface area contributed by atoms with Crippen molar-refractivity contribution < 1.29 is 9.18 Å². The summed E-state index contributed by atoms with van der Waals surface area (Å²) in [6.07, 6.45) is 0.505. The van der Waals surface area contributed by atoms with Crippen LogP contribution in [0.1, 0.15) is 12.5 Å². The Bertz CT molecular complexity index is 341. The molecule has 0 fully saturated rings. The van der Waals surface area contributed by atoms with Crippen molar-refractivity contribution in [1.29, 1.82) is 0 Å². The Morgan fingerprint density at radius 3 is 2.93 bits per heavy atom. The van der Waals surface area contributed by atoms with E-state index >= 15 is 0 Å². The minimum absolute atomic E-state index is 0.0968. The molecule has 0 saturated carbocycles. The summed E-state index contributed by atoms with van der Waals surface area (Å²) in [6, 6.07) is 4.78. The van der Waals surface area contributed by atoms with Gasteiger partial charge in [0.25, 0.3) is 0 Å². The number of benzene rings is 1. The molecule has 0 atom stereocenters. The highest BCUT2D eigenvalue weighted by Gasteiger charge is 2.02. The Morgan fingerprint density at radius 2 is 2.29 bits per heavy atom.